The van der Waals surface area contributed by atoms with E-state index in [0.29, 0.717) is 12.3 Å². The number of carbonyl (C=O) groups is 1. The number of carboxylic acid groups (broad SMARTS) is 1. The summed E-state index contributed by atoms with van der Waals surface area (Å²) in [6.07, 6.45) is 1.73. The number of hydrogen-bond donors (Lipinski definition) is 2. The molecule has 2 rings (SSSR count). The third-order valence-electron chi connectivity index (χ3n) is 2.93. The summed E-state index contributed by atoms with van der Waals surface area (Å²) in [5.41, 5.74) is -0.329. The van der Waals surface area contributed by atoms with E-state index in [2.05, 4.69) is 10.3 Å². The highest BCUT2D eigenvalue weighted by Gasteiger charge is 2.39. The number of carboxylic acids is 1. The molecule has 1 aromatic heterocycles. The molecule has 0 saturated carbocycles. The highest BCUT2D eigenvalue weighted by Crippen LogP contribution is 2.31. The highest BCUT2D eigenvalue weighted by molar-refractivity contribution is 8.01. The van der Waals surface area contributed by atoms with Crippen LogP contribution in [0.5, 0.6) is 0 Å². The van der Waals surface area contributed by atoms with Gasteiger partial charge in [0.2, 0.25) is 0 Å². The fourth-order valence-electron chi connectivity index (χ4n) is 1.97. The second-order valence-corrected chi connectivity index (χ2v) is 6.31. The van der Waals surface area contributed by atoms with E-state index >= 15 is 0 Å². The minimum atomic E-state index is -1.09. The Morgan fingerprint density at radius 2 is 2.20 bits per heavy atom. The van der Waals surface area contributed by atoms with Crippen LogP contribution in [0.1, 0.15) is 12.5 Å². The molecule has 106 valence electrons. The maximum atomic E-state index is 11.9. The van der Waals surface area contributed by atoms with E-state index in [1.165, 1.54) is 23.1 Å². The molecular weight excluding hydrogens is 292 g/mol. The number of nitrogens with zero attached hydrogens (tertiary/aromatic N) is 1. The van der Waals surface area contributed by atoms with Gasteiger partial charge in [-0.25, -0.2) is 9.78 Å². The second-order valence-electron chi connectivity index (χ2n) is 4.19. The first-order chi connectivity index (χ1) is 9.69. The average Bonchev–Trinajstić information content (AvgIpc) is 2.97. The summed E-state index contributed by atoms with van der Waals surface area (Å²) in [4.78, 5) is 16.1. The van der Waals surface area contributed by atoms with Crippen molar-refractivity contribution in [3.05, 3.63) is 47.5 Å². The van der Waals surface area contributed by atoms with Crippen molar-refractivity contribution < 1.29 is 9.90 Å². The molecule has 20 heavy (non-hydrogen) atoms. The van der Waals surface area contributed by atoms with Crippen molar-refractivity contribution in [1.82, 2.24) is 10.3 Å². The van der Waals surface area contributed by atoms with Gasteiger partial charge in [0, 0.05) is 17.3 Å². The van der Waals surface area contributed by atoms with E-state index in [-0.39, 0.29) is 0 Å². The molecule has 0 radical (unpaired) electrons. The predicted octanol–water partition coefficient (Wildman–Crippen LogP) is 2.82. The molecule has 0 fully saturated rings. The van der Waals surface area contributed by atoms with Crippen LogP contribution in [0.15, 0.2) is 46.2 Å². The van der Waals surface area contributed by atoms with Gasteiger partial charge in [-0.2, -0.15) is 0 Å². The molecule has 0 spiro atoms. The monoisotopic (exact) mass is 308 g/mol. The van der Waals surface area contributed by atoms with Gasteiger partial charge in [-0.15, -0.1) is 11.3 Å². The van der Waals surface area contributed by atoms with Crippen LogP contribution in [0.25, 0.3) is 0 Å². The van der Waals surface area contributed by atoms with Gasteiger partial charge in [0.1, 0.15) is 4.34 Å². The van der Waals surface area contributed by atoms with Crippen molar-refractivity contribution in [1.29, 1.82) is 0 Å². The Morgan fingerprint density at radius 1 is 1.45 bits per heavy atom. The van der Waals surface area contributed by atoms with Crippen molar-refractivity contribution in [2.24, 2.45) is 0 Å². The summed E-state index contributed by atoms with van der Waals surface area (Å²) in [6, 6.07) is 9.30. The fourth-order valence-corrected chi connectivity index (χ4v) is 3.82. The number of rotatable bonds is 7. The molecule has 4 nitrogen and oxygen atoms in total. The number of likely N-dealkylation sites (N-methyl/N-ethyl adjacent to an activating group) is 1. The maximum absolute atomic E-state index is 11.9. The molecule has 0 amide bonds. The van der Waals surface area contributed by atoms with E-state index in [0.717, 1.165) is 9.90 Å². The molecule has 1 unspecified atom stereocenters. The third kappa shape index (κ3) is 3.20. The van der Waals surface area contributed by atoms with Gasteiger partial charge in [0.05, 0.1) is 0 Å². The second kappa shape index (κ2) is 6.88. The lowest BCUT2D eigenvalue weighted by atomic mass is 9.92. The topological polar surface area (TPSA) is 62.2 Å². The van der Waals surface area contributed by atoms with E-state index < -0.39 is 11.5 Å². The highest BCUT2D eigenvalue weighted by atomic mass is 32.2. The molecule has 1 atom stereocenters. The Morgan fingerprint density at radius 3 is 2.75 bits per heavy atom. The Labute approximate surface area is 126 Å². The van der Waals surface area contributed by atoms with E-state index in [9.17, 15) is 9.90 Å². The van der Waals surface area contributed by atoms with Crippen molar-refractivity contribution in [2.45, 2.75) is 16.8 Å². The van der Waals surface area contributed by atoms with E-state index in [4.69, 9.17) is 0 Å². The molecule has 0 bridgehead atoms. The van der Waals surface area contributed by atoms with Gasteiger partial charge in [0.25, 0.3) is 0 Å². The zero-order chi connectivity index (χ0) is 14.4. The maximum Gasteiger partial charge on any atom is 0.329 e. The number of thioether (sulfide) groups is 1. The summed E-state index contributed by atoms with van der Waals surface area (Å²) in [7, 11) is 0. The zero-order valence-electron chi connectivity index (χ0n) is 11.1. The molecular formula is C14H16N2O2S2. The van der Waals surface area contributed by atoms with Gasteiger partial charge in [0.15, 0.2) is 5.54 Å². The van der Waals surface area contributed by atoms with Gasteiger partial charge < -0.3 is 5.11 Å². The molecule has 2 aromatic rings. The van der Waals surface area contributed by atoms with Crippen molar-refractivity contribution >= 4 is 29.1 Å². The van der Waals surface area contributed by atoms with Crippen LogP contribution in [0.3, 0.4) is 0 Å². The minimum Gasteiger partial charge on any atom is -0.480 e. The van der Waals surface area contributed by atoms with E-state index in [1.807, 2.05) is 42.6 Å². The molecule has 2 N–H and O–H groups in total. The molecule has 0 aliphatic carbocycles. The number of benzene rings is 1. The number of aromatic nitrogens is 1. The Bertz CT molecular complexity index is 546. The first-order valence-corrected chi connectivity index (χ1v) is 8.12. The van der Waals surface area contributed by atoms with Crippen molar-refractivity contribution in [3.8, 4) is 0 Å². The van der Waals surface area contributed by atoms with Gasteiger partial charge >= 0.3 is 5.97 Å². The van der Waals surface area contributed by atoms with Gasteiger partial charge in [-0.1, -0.05) is 49.0 Å². The lowest BCUT2D eigenvalue weighted by Crippen LogP contribution is -2.51. The van der Waals surface area contributed by atoms with Crippen LogP contribution in [-0.2, 0) is 10.3 Å². The first-order valence-electron chi connectivity index (χ1n) is 6.25. The summed E-state index contributed by atoms with van der Waals surface area (Å²) in [6.45, 7) is 2.49. The van der Waals surface area contributed by atoms with E-state index in [1.54, 1.807) is 6.20 Å². The number of hydrogen-bond acceptors (Lipinski definition) is 5. The van der Waals surface area contributed by atoms with Crippen LogP contribution in [0.4, 0.5) is 0 Å². The Kier molecular flexibility index (Phi) is 5.17. The number of thiazole rings is 1. The summed E-state index contributed by atoms with van der Waals surface area (Å²) in [5.74, 6) is -0.470. The molecule has 0 aliphatic rings. The SMILES string of the molecule is CCNC(CSc1nccs1)(C(=O)O)c1ccccc1. The first kappa shape index (κ1) is 15.0. The number of nitrogens with one attached hydrogen (secondary N) is 1. The van der Waals surface area contributed by atoms with Crippen LogP contribution in [0.2, 0.25) is 0 Å². The third-order valence-corrected chi connectivity index (χ3v) is 5.07. The zero-order valence-corrected chi connectivity index (χ0v) is 12.7. The van der Waals surface area contributed by atoms with Crippen LogP contribution >= 0.6 is 23.1 Å². The quantitative estimate of drug-likeness (QED) is 0.770. The molecule has 6 heteroatoms. The lowest BCUT2D eigenvalue weighted by molar-refractivity contribution is -0.144. The van der Waals surface area contributed by atoms with Crippen LogP contribution in [-0.4, -0.2) is 28.4 Å². The number of aliphatic carboxylic acids is 1. The molecule has 1 aromatic carbocycles. The summed E-state index contributed by atoms with van der Waals surface area (Å²) >= 11 is 2.98. The largest absolute Gasteiger partial charge is 0.480 e. The van der Waals surface area contributed by atoms with Gasteiger partial charge in [-0.3, -0.25) is 5.32 Å². The lowest BCUT2D eigenvalue weighted by Gasteiger charge is -2.30. The average molecular weight is 308 g/mol. The molecule has 0 aliphatic heterocycles. The summed E-state index contributed by atoms with van der Waals surface area (Å²) < 4.78 is 0.879. The predicted molar refractivity (Wildman–Crippen MR) is 82.3 cm³/mol. The Hall–Kier alpha value is -1.37. The smallest absolute Gasteiger partial charge is 0.329 e. The van der Waals surface area contributed by atoms with Crippen LogP contribution < -0.4 is 5.32 Å². The van der Waals surface area contributed by atoms with Crippen molar-refractivity contribution in [2.75, 3.05) is 12.3 Å². The molecule has 1 heterocycles. The van der Waals surface area contributed by atoms with Crippen LogP contribution in [0, 0.1) is 0 Å². The molecule has 0 saturated heterocycles. The normalized spacial score (nSPS) is 13.8. The van der Waals surface area contributed by atoms with Gasteiger partial charge in [-0.05, 0) is 12.1 Å². The minimum absolute atomic E-state index is 0.397. The summed E-state index contributed by atoms with van der Waals surface area (Å²) in [5, 5.41) is 14.8. The fraction of sp³-hybridized carbons (Fsp3) is 0.286. The Balaban J connectivity index is 2.29. The standard InChI is InChI=1S/C14H16N2O2S2/c1-2-16-14(12(17)18,11-6-4-3-5-7-11)10-20-13-15-8-9-19-13/h3-9,16H,2,10H2,1H3,(H,17,18). The van der Waals surface area contributed by atoms with Crippen molar-refractivity contribution in [3.63, 3.8) is 0 Å².